The SMILES string of the molecule is CC(C(=O)N1C[C@@H](CN)[C@H](c2ccccc2)C1)N1CCc2ccccc2C1. The van der Waals surface area contributed by atoms with E-state index in [2.05, 4.69) is 60.4 Å². The summed E-state index contributed by atoms with van der Waals surface area (Å²) in [5, 5.41) is 0. The van der Waals surface area contributed by atoms with Crippen molar-refractivity contribution in [3.8, 4) is 0 Å². The Labute approximate surface area is 162 Å². The Hall–Kier alpha value is -2.17. The lowest BCUT2D eigenvalue weighted by Gasteiger charge is -2.34. The van der Waals surface area contributed by atoms with Gasteiger partial charge in [-0.2, -0.15) is 0 Å². The Morgan fingerprint density at radius 2 is 1.78 bits per heavy atom. The van der Waals surface area contributed by atoms with Crippen LogP contribution in [-0.2, 0) is 17.8 Å². The normalized spacial score (nSPS) is 23.9. The highest BCUT2D eigenvalue weighted by atomic mass is 16.2. The number of benzene rings is 2. The predicted molar refractivity (Wildman–Crippen MR) is 108 cm³/mol. The molecule has 0 aliphatic carbocycles. The summed E-state index contributed by atoms with van der Waals surface area (Å²) in [4.78, 5) is 17.6. The molecule has 2 aliphatic heterocycles. The highest BCUT2D eigenvalue weighted by molar-refractivity contribution is 5.82. The van der Waals surface area contributed by atoms with Crippen molar-refractivity contribution in [3.05, 3.63) is 71.3 Å². The Morgan fingerprint density at radius 1 is 1.07 bits per heavy atom. The molecule has 2 aliphatic rings. The number of nitrogens with two attached hydrogens (primary N) is 1. The van der Waals surface area contributed by atoms with Gasteiger partial charge in [0.05, 0.1) is 6.04 Å². The van der Waals surface area contributed by atoms with E-state index in [-0.39, 0.29) is 11.9 Å². The first-order valence-electron chi connectivity index (χ1n) is 10.0. The molecule has 0 radical (unpaired) electrons. The molecule has 2 aromatic rings. The van der Waals surface area contributed by atoms with E-state index >= 15 is 0 Å². The average Bonchev–Trinajstić information content (AvgIpc) is 3.17. The monoisotopic (exact) mass is 363 g/mol. The van der Waals surface area contributed by atoms with Crippen LogP contribution in [-0.4, -0.2) is 47.9 Å². The van der Waals surface area contributed by atoms with Gasteiger partial charge in [-0.3, -0.25) is 9.69 Å². The summed E-state index contributed by atoms with van der Waals surface area (Å²) in [5.74, 6) is 0.923. The Kier molecular flexibility index (Phi) is 5.28. The van der Waals surface area contributed by atoms with Crippen LogP contribution in [0, 0.1) is 5.92 Å². The lowest BCUT2D eigenvalue weighted by atomic mass is 9.89. The maximum Gasteiger partial charge on any atom is 0.239 e. The lowest BCUT2D eigenvalue weighted by Crippen LogP contribution is -2.48. The fraction of sp³-hybridized carbons (Fsp3) is 0.435. The molecular weight excluding hydrogens is 334 g/mol. The Balaban J connectivity index is 1.45. The second-order valence-electron chi connectivity index (χ2n) is 7.92. The Bertz CT molecular complexity index is 791. The highest BCUT2D eigenvalue weighted by Crippen LogP contribution is 2.33. The minimum atomic E-state index is -0.0914. The standard InChI is InChI=1S/C23H29N3O/c1-17(25-12-11-18-7-5-6-10-20(18)14-25)23(27)26-15-21(13-24)22(16-26)19-8-3-2-4-9-19/h2-10,17,21-22H,11-16,24H2,1H3/t17?,21-,22+/m1/s1. The van der Waals surface area contributed by atoms with Gasteiger partial charge >= 0.3 is 0 Å². The molecule has 4 nitrogen and oxygen atoms in total. The molecule has 1 unspecified atom stereocenters. The molecule has 27 heavy (non-hydrogen) atoms. The van der Waals surface area contributed by atoms with Gasteiger partial charge in [0.15, 0.2) is 0 Å². The number of hydrogen-bond acceptors (Lipinski definition) is 3. The van der Waals surface area contributed by atoms with Crippen LogP contribution < -0.4 is 5.73 Å². The molecule has 1 saturated heterocycles. The van der Waals surface area contributed by atoms with E-state index in [0.717, 1.165) is 32.6 Å². The molecule has 0 spiro atoms. The summed E-state index contributed by atoms with van der Waals surface area (Å²) in [6, 6.07) is 19.0. The third kappa shape index (κ3) is 3.64. The maximum absolute atomic E-state index is 13.2. The van der Waals surface area contributed by atoms with Crippen LogP contribution in [0.25, 0.3) is 0 Å². The minimum Gasteiger partial charge on any atom is -0.340 e. The molecule has 1 fully saturated rings. The molecule has 2 aromatic carbocycles. The van der Waals surface area contributed by atoms with E-state index < -0.39 is 0 Å². The van der Waals surface area contributed by atoms with Gasteiger partial charge in [0, 0.05) is 32.1 Å². The van der Waals surface area contributed by atoms with Gasteiger partial charge in [0.1, 0.15) is 0 Å². The molecule has 4 rings (SSSR count). The molecule has 0 saturated carbocycles. The summed E-state index contributed by atoms with van der Waals surface area (Å²) in [6.07, 6.45) is 1.02. The quantitative estimate of drug-likeness (QED) is 0.908. The van der Waals surface area contributed by atoms with Gasteiger partial charge in [0.2, 0.25) is 5.91 Å². The van der Waals surface area contributed by atoms with Crippen LogP contribution in [0.4, 0.5) is 0 Å². The number of fused-ring (bicyclic) bond motifs is 1. The summed E-state index contributed by atoms with van der Waals surface area (Å²) in [7, 11) is 0. The van der Waals surface area contributed by atoms with Gasteiger partial charge in [-0.1, -0.05) is 54.6 Å². The van der Waals surface area contributed by atoms with Crippen LogP contribution in [0.1, 0.15) is 29.5 Å². The van der Waals surface area contributed by atoms with Crippen molar-refractivity contribution >= 4 is 5.91 Å². The molecule has 2 N–H and O–H groups in total. The van der Waals surface area contributed by atoms with Crippen molar-refractivity contribution < 1.29 is 4.79 Å². The van der Waals surface area contributed by atoms with Crippen molar-refractivity contribution in [2.45, 2.75) is 31.8 Å². The molecule has 2 heterocycles. The van der Waals surface area contributed by atoms with Crippen LogP contribution in [0.3, 0.4) is 0 Å². The summed E-state index contributed by atoms with van der Waals surface area (Å²) in [6.45, 7) is 6.03. The van der Waals surface area contributed by atoms with Gasteiger partial charge < -0.3 is 10.6 Å². The molecule has 3 atom stereocenters. The van der Waals surface area contributed by atoms with E-state index in [1.807, 2.05) is 11.0 Å². The maximum atomic E-state index is 13.2. The first-order valence-corrected chi connectivity index (χ1v) is 10.0. The van der Waals surface area contributed by atoms with Gasteiger partial charge in [-0.25, -0.2) is 0 Å². The zero-order valence-electron chi connectivity index (χ0n) is 16.1. The third-order valence-electron chi connectivity index (χ3n) is 6.35. The first kappa shape index (κ1) is 18.2. The van der Waals surface area contributed by atoms with Gasteiger partial charge in [-0.15, -0.1) is 0 Å². The molecule has 0 aromatic heterocycles. The fourth-order valence-corrected chi connectivity index (χ4v) is 4.64. The predicted octanol–water partition coefficient (Wildman–Crippen LogP) is 2.63. The zero-order chi connectivity index (χ0) is 18.8. The number of carbonyl (C=O) groups is 1. The van der Waals surface area contributed by atoms with E-state index in [4.69, 9.17) is 5.73 Å². The number of likely N-dealkylation sites (tertiary alicyclic amines) is 1. The van der Waals surface area contributed by atoms with Crippen LogP contribution in [0.15, 0.2) is 54.6 Å². The molecule has 4 heteroatoms. The highest BCUT2D eigenvalue weighted by Gasteiger charge is 2.38. The largest absolute Gasteiger partial charge is 0.340 e. The van der Waals surface area contributed by atoms with E-state index in [1.165, 1.54) is 16.7 Å². The number of rotatable bonds is 4. The summed E-state index contributed by atoms with van der Waals surface area (Å²) >= 11 is 0. The minimum absolute atomic E-state index is 0.0914. The second kappa shape index (κ2) is 7.83. The summed E-state index contributed by atoms with van der Waals surface area (Å²) in [5.41, 5.74) is 10.1. The number of amides is 1. The van der Waals surface area contributed by atoms with Crippen molar-refractivity contribution in [2.75, 3.05) is 26.2 Å². The molecule has 0 bridgehead atoms. The first-order chi connectivity index (χ1) is 13.2. The Morgan fingerprint density at radius 3 is 2.52 bits per heavy atom. The summed E-state index contributed by atoms with van der Waals surface area (Å²) < 4.78 is 0. The zero-order valence-corrected chi connectivity index (χ0v) is 16.1. The van der Waals surface area contributed by atoms with Gasteiger partial charge in [-0.05, 0) is 42.5 Å². The number of carbonyl (C=O) groups excluding carboxylic acids is 1. The second-order valence-corrected chi connectivity index (χ2v) is 7.92. The topological polar surface area (TPSA) is 49.6 Å². The van der Waals surface area contributed by atoms with E-state index in [9.17, 15) is 4.79 Å². The number of nitrogens with zero attached hydrogens (tertiary/aromatic N) is 2. The van der Waals surface area contributed by atoms with E-state index in [1.54, 1.807) is 0 Å². The van der Waals surface area contributed by atoms with Crippen LogP contribution in [0.5, 0.6) is 0 Å². The van der Waals surface area contributed by atoms with Crippen molar-refractivity contribution in [1.29, 1.82) is 0 Å². The smallest absolute Gasteiger partial charge is 0.239 e. The average molecular weight is 364 g/mol. The fourth-order valence-electron chi connectivity index (χ4n) is 4.64. The number of hydrogen-bond donors (Lipinski definition) is 1. The van der Waals surface area contributed by atoms with Gasteiger partial charge in [0.25, 0.3) is 0 Å². The van der Waals surface area contributed by atoms with Crippen molar-refractivity contribution in [3.63, 3.8) is 0 Å². The van der Waals surface area contributed by atoms with Crippen molar-refractivity contribution in [1.82, 2.24) is 9.80 Å². The molecule has 142 valence electrons. The molecular formula is C23H29N3O. The molecule has 1 amide bonds. The lowest BCUT2D eigenvalue weighted by molar-refractivity contribution is -0.135. The van der Waals surface area contributed by atoms with Crippen molar-refractivity contribution in [2.24, 2.45) is 11.7 Å². The van der Waals surface area contributed by atoms with E-state index in [0.29, 0.717) is 18.4 Å². The van der Waals surface area contributed by atoms with Crippen LogP contribution in [0.2, 0.25) is 0 Å². The third-order valence-corrected chi connectivity index (χ3v) is 6.35. The van der Waals surface area contributed by atoms with Crippen LogP contribution >= 0.6 is 0 Å².